The molecule has 0 spiro atoms. The monoisotopic (exact) mass is 388 g/mol. The lowest BCUT2D eigenvalue weighted by atomic mass is 10.1. The summed E-state index contributed by atoms with van der Waals surface area (Å²) in [5.41, 5.74) is 0.823. The quantitative estimate of drug-likeness (QED) is 0.649. The molecule has 6 heteroatoms. The Bertz CT molecular complexity index is 639. The molecule has 1 aromatic heterocycles. The maximum absolute atomic E-state index is 6.34. The predicted molar refractivity (Wildman–Crippen MR) is 89.8 cm³/mol. The molecule has 2 aromatic rings. The average molecular weight is 390 g/mol. The number of rotatable bonds is 4. The standard InChI is InChI=1S/C15H15BrCl2N2O/c1-4-21-15(2,3)14-19-12(17)11(13(18)20-14)9-7-5-6-8-10(9)16/h5-8H,4H2,1-3H3. The molecule has 112 valence electrons. The van der Waals surface area contributed by atoms with Gasteiger partial charge in [0.2, 0.25) is 0 Å². The van der Waals surface area contributed by atoms with Gasteiger partial charge in [0.25, 0.3) is 0 Å². The molecule has 0 unspecified atom stereocenters. The Labute approximate surface area is 142 Å². The van der Waals surface area contributed by atoms with Crippen molar-refractivity contribution in [1.82, 2.24) is 9.97 Å². The van der Waals surface area contributed by atoms with Crippen LogP contribution in [-0.2, 0) is 10.3 Å². The second kappa shape index (κ2) is 6.61. The van der Waals surface area contributed by atoms with Crippen LogP contribution in [0.1, 0.15) is 26.6 Å². The number of nitrogens with zero attached hydrogens (tertiary/aromatic N) is 2. The Kier molecular flexibility index (Phi) is 5.25. The molecule has 0 fully saturated rings. The van der Waals surface area contributed by atoms with E-state index in [9.17, 15) is 0 Å². The van der Waals surface area contributed by atoms with Crippen LogP contribution in [-0.4, -0.2) is 16.6 Å². The molecule has 0 radical (unpaired) electrons. The van der Waals surface area contributed by atoms with Crippen LogP contribution in [0.3, 0.4) is 0 Å². The molecule has 1 heterocycles. The number of hydrogen-bond acceptors (Lipinski definition) is 3. The van der Waals surface area contributed by atoms with Gasteiger partial charge in [0.05, 0.1) is 5.56 Å². The molecule has 0 atom stereocenters. The van der Waals surface area contributed by atoms with E-state index in [0.717, 1.165) is 10.0 Å². The maximum Gasteiger partial charge on any atom is 0.163 e. The van der Waals surface area contributed by atoms with Gasteiger partial charge in [0, 0.05) is 16.6 Å². The van der Waals surface area contributed by atoms with Crippen LogP contribution in [0.2, 0.25) is 10.3 Å². The molecular weight excluding hydrogens is 375 g/mol. The molecule has 3 nitrogen and oxygen atoms in total. The highest BCUT2D eigenvalue weighted by Crippen LogP contribution is 2.38. The smallest absolute Gasteiger partial charge is 0.163 e. The van der Waals surface area contributed by atoms with Crippen molar-refractivity contribution in [1.29, 1.82) is 0 Å². The van der Waals surface area contributed by atoms with Gasteiger partial charge in [-0.1, -0.05) is 57.3 Å². The summed E-state index contributed by atoms with van der Waals surface area (Å²) in [4.78, 5) is 8.73. The zero-order chi connectivity index (χ0) is 15.6. The average Bonchev–Trinajstić information content (AvgIpc) is 2.40. The molecule has 21 heavy (non-hydrogen) atoms. The first-order valence-corrected chi connectivity index (χ1v) is 8.04. The minimum atomic E-state index is -0.644. The minimum absolute atomic E-state index is 0.310. The summed E-state index contributed by atoms with van der Waals surface area (Å²) >= 11 is 16.2. The summed E-state index contributed by atoms with van der Waals surface area (Å²) in [5, 5.41) is 0.620. The molecule has 0 bridgehead atoms. The number of hydrogen-bond donors (Lipinski definition) is 0. The van der Waals surface area contributed by atoms with Crippen molar-refractivity contribution >= 4 is 39.1 Å². The van der Waals surface area contributed by atoms with Crippen LogP contribution >= 0.6 is 39.1 Å². The molecule has 0 saturated heterocycles. The zero-order valence-electron chi connectivity index (χ0n) is 12.0. The molecular formula is C15H15BrCl2N2O. The molecule has 0 saturated carbocycles. The molecule has 0 amide bonds. The van der Waals surface area contributed by atoms with Gasteiger partial charge >= 0.3 is 0 Å². The highest BCUT2D eigenvalue weighted by Gasteiger charge is 2.27. The van der Waals surface area contributed by atoms with Gasteiger partial charge in [-0.15, -0.1) is 0 Å². The fourth-order valence-corrected chi connectivity index (χ4v) is 3.06. The lowest BCUT2D eigenvalue weighted by Gasteiger charge is -2.23. The van der Waals surface area contributed by atoms with Crippen molar-refractivity contribution < 1.29 is 4.74 Å². The van der Waals surface area contributed by atoms with Crippen LogP contribution < -0.4 is 0 Å². The Morgan fingerprint density at radius 1 is 1.14 bits per heavy atom. The third-order valence-electron chi connectivity index (χ3n) is 3.01. The summed E-state index contributed by atoms with van der Waals surface area (Å²) in [5.74, 6) is 0.468. The largest absolute Gasteiger partial charge is 0.368 e. The van der Waals surface area contributed by atoms with Crippen LogP contribution in [0.15, 0.2) is 28.7 Å². The van der Waals surface area contributed by atoms with E-state index in [0.29, 0.717) is 28.3 Å². The van der Waals surface area contributed by atoms with E-state index in [1.54, 1.807) is 0 Å². The third-order valence-corrected chi connectivity index (χ3v) is 4.25. The van der Waals surface area contributed by atoms with E-state index in [1.165, 1.54) is 0 Å². The summed E-state index contributed by atoms with van der Waals surface area (Å²) < 4.78 is 6.53. The third kappa shape index (κ3) is 3.57. The van der Waals surface area contributed by atoms with Crippen molar-refractivity contribution in [3.05, 3.63) is 44.9 Å². The molecule has 0 N–H and O–H groups in total. The van der Waals surface area contributed by atoms with Gasteiger partial charge < -0.3 is 4.74 Å². The van der Waals surface area contributed by atoms with Gasteiger partial charge in [0.1, 0.15) is 15.9 Å². The number of aromatic nitrogens is 2. The lowest BCUT2D eigenvalue weighted by Crippen LogP contribution is -2.25. The maximum atomic E-state index is 6.34. The zero-order valence-corrected chi connectivity index (χ0v) is 15.1. The minimum Gasteiger partial charge on any atom is -0.368 e. The van der Waals surface area contributed by atoms with Gasteiger partial charge in [-0.05, 0) is 26.8 Å². The van der Waals surface area contributed by atoms with E-state index in [-0.39, 0.29) is 0 Å². The van der Waals surface area contributed by atoms with E-state index >= 15 is 0 Å². The Morgan fingerprint density at radius 3 is 2.24 bits per heavy atom. The Morgan fingerprint density at radius 2 is 1.71 bits per heavy atom. The van der Waals surface area contributed by atoms with Crippen LogP contribution in [0, 0.1) is 0 Å². The summed E-state index contributed by atoms with van der Waals surface area (Å²) in [6, 6.07) is 7.65. The fourth-order valence-electron chi connectivity index (χ4n) is 1.99. The number of halogens is 3. The van der Waals surface area contributed by atoms with Crippen molar-refractivity contribution in [2.45, 2.75) is 26.4 Å². The lowest BCUT2D eigenvalue weighted by molar-refractivity contribution is -0.0207. The van der Waals surface area contributed by atoms with Gasteiger partial charge in [0.15, 0.2) is 5.82 Å². The molecule has 0 aliphatic rings. The summed E-state index contributed by atoms with van der Waals surface area (Å²) in [7, 11) is 0. The van der Waals surface area contributed by atoms with Crippen molar-refractivity contribution in [2.75, 3.05) is 6.61 Å². The van der Waals surface area contributed by atoms with E-state index < -0.39 is 5.60 Å². The predicted octanol–water partition coefficient (Wildman–Crippen LogP) is 5.48. The van der Waals surface area contributed by atoms with Crippen LogP contribution in [0.25, 0.3) is 11.1 Å². The van der Waals surface area contributed by atoms with E-state index in [1.807, 2.05) is 45.0 Å². The summed E-state index contributed by atoms with van der Waals surface area (Å²) in [6.45, 7) is 6.24. The first-order chi connectivity index (χ1) is 9.86. The van der Waals surface area contributed by atoms with Crippen LogP contribution in [0.4, 0.5) is 0 Å². The van der Waals surface area contributed by atoms with E-state index in [2.05, 4.69) is 25.9 Å². The first kappa shape index (κ1) is 16.7. The normalized spacial score (nSPS) is 11.7. The molecule has 0 aliphatic heterocycles. The SMILES string of the molecule is CCOC(C)(C)c1nc(Cl)c(-c2ccccc2Br)c(Cl)n1. The van der Waals surface area contributed by atoms with E-state index in [4.69, 9.17) is 27.9 Å². The second-order valence-corrected chi connectivity index (χ2v) is 6.50. The highest BCUT2D eigenvalue weighted by molar-refractivity contribution is 9.10. The topological polar surface area (TPSA) is 35.0 Å². The first-order valence-electron chi connectivity index (χ1n) is 6.49. The van der Waals surface area contributed by atoms with Gasteiger partial charge in [-0.2, -0.15) is 0 Å². The number of benzene rings is 1. The molecule has 1 aromatic carbocycles. The molecule has 0 aliphatic carbocycles. The molecule has 2 rings (SSSR count). The summed E-state index contributed by atoms with van der Waals surface area (Å²) in [6.07, 6.45) is 0. The van der Waals surface area contributed by atoms with Gasteiger partial charge in [-0.25, -0.2) is 9.97 Å². The number of ether oxygens (including phenoxy) is 1. The van der Waals surface area contributed by atoms with Crippen molar-refractivity contribution in [3.8, 4) is 11.1 Å². The van der Waals surface area contributed by atoms with Crippen molar-refractivity contribution in [3.63, 3.8) is 0 Å². The van der Waals surface area contributed by atoms with Crippen molar-refractivity contribution in [2.24, 2.45) is 0 Å². The Balaban J connectivity index is 2.56. The Hall–Kier alpha value is -0.680. The second-order valence-electron chi connectivity index (χ2n) is 4.93. The fraction of sp³-hybridized carbons (Fsp3) is 0.333. The van der Waals surface area contributed by atoms with Crippen LogP contribution in [0.5, 0.6) is 0 Å². The highest BCUT2D eigenvalue weighted by atomic mass is 79.9. The van der Waals surface area contributed by atoms with Gasteiger partial charge in [-0.3, -0.25) is 0 Å².